The molecule has 1 heteroatoms. The molecule has 3 atom stereocenters. The summed E-state index contributed by atoms with van der Waals surface area (Å²) in [5.41, 5.74) is 0. The third-order valence-electron chi connectivity index (χ3n) is 4.98. The quantitative estimate of drug-likeness (QED) is 0.763. The van der Waals surface area contributed by atoms with Gasteiger partial charge in [-0.2, -0.15) is 0 Å². The second-order valence-electron chi connectivity index (χ2n) is 6.24. The molecule has 2 aliphatic carbocycles. The summed E-state index contributed by atoms with van der Waals surface area (Å²) in [6.45, 7) is 2.44. The van der Waals surface area contributed by atoms with Crippen LogP contribution in [0.25, 0.3) is 0 Å². The van der Waals surface area contributed by atoms with Gasteiger partial charge in [0.05, 0.1) is 0 Å². The second-order valence-corrected chi connectivity index (χ2v) is 6.24. The summed E-state index contributed by atoms with van der Waals surface area (Å²) in [4.78, 5) is 0. The van der Waals surface area contributed by atoms with Gasteiger partial charge in [-0.25, -0.2) is 0 Å². The Labute approximate surface area is 101 Å². The van der Waals surface area contributed by atoms with Crippen molar-refractivity contribution in [3.05, 3.63) is 0 Å². The summed E-state index contributed by atoms with van der Waals surface area (Å²) in [5, 5.41) is 3.66. The van der Waals surface area contributed by atoms with Gasteiger partial charge in [0.2, 0.25) is 0 Å². The van der Waals surface area contributed by atoms with E-state index in [0.29, 0.717) is 0 Å². The van der Waals surface area contributed by atoms with E-state index in [4.69, 9.17) is 0 Å². The van der Waals surface area contributed by atoms with Gasteiger partial charge in [0.15, 0.2) is 0 Å². The molecule has 16 heavy (non-hydrogen) atoms. The van der Waals surface area contributed by atoms with E-state index in [0.717, 1.165) is 23.8 Å². The summed E-state index contributed by atoms with van der Waals surface area (Å²) in [6, 6.07) is 0.822. The number of nitrogens with one attached hydrogen (secondary N) is 1. The zero-order valence-electron chi connectivity index (χ0n) is 11.2. The predicted molar refractivity (Wildman–Crippen MR) is 70.5 cm³/mol. The van der Waals surface area contributed by atoms with Crippen molar-refractivity contribution in [2.45, 2.75) is 70.8 Å². The van der Waals surface area contributed by atoms with Gasteiger partial charge >= 0.3 is 0 Å². The third-order valence-corrected chi connectivity index (χ3v) is 4.98. The maximum Gasteiger partial charge on any atom is 0.0121 e. The Kier molecular flexibility index (Phi) is 4.69. The van der Waals surface area contributed by atoms with Crippen LogP contribution in [0, 0.1) is 17.8 Å². The molecular formula is C15H29N. The molecular weight excluding hydrogens is 194 g/mol. The number of hydrogen-bond donors (Lipinski definition) is 1. The highest BCUT2D eigenvalue weighted by Gasteiger charge is 2.31. The first-order valence-corrected chi connectivity index (χ1v) is 7.48. The van der Waals surface area contributed by atoms with Gasteiger partial charge in [0, 0.05) is 6.04 Å². The summed E-state index contributed by atoms with van der Waals surface area (Å²) in [5.74, 6) is 2.92. The lowest BCUT2D eigenvalue weighted by Crippen LogP contribution is -2.42. The topological polar surface area (TPSA) is 12.0 Å². The zero-order chi connectivity index (χ0) is 11.4. The highest BCUT2D eigenvalue weighted by molar-refractivity contribution is 4.86. The van der Waals surface area contributed by atoms with E-state index in [9.17, 15) is 0 Å². The first-order valence-electron chi connectivity index (χ1n) is 7.48. The van der Waals surface area contributed by atoms with Gasteiger partial charge in [-0.15, -0.1) is 0 Å². The standard InChI is InChI=1S/C15H29N/c1-12-7-6-10-14(11-12)15(16-2)13-8-4-3-5-9-13/h12-16H,3-11H2,1-2H3. The molecule has 0 saturated heterocycles. The molecule has 0 aliphatic heterocycles. The van der Waals surface area contributed by atoms with Crippen molar-refractivity contribution in [3.63, 3.8) is 0 Å². The third kappa shape index (κ3) is 3.00. The normalized spacial score (nSPS) is 34.9. The second kappa shape index (κ2) is 6.05. The Morgan fingerprint density at radius 1 is 0.875 bits per heavy atom. The van der Waals surface area contributed by atoms with E-state index in [1.54, 1.807) is 0 Å². The fourth-order valence-corrected chi connectivity index (χ4v) is 4.16. The van der Waals surface area contributed by atoms with E-state index in [1.165, 1.54) is 57.8 Å². The molecule has 0 aromatic heterocycles. The van der Waals surface area contributed by atoms with Gasteiger partial charge in [0.25, 0.3) is 0 Å². The van der Waals surface area contributed by atoms with Crippen molar-refractivity contribution in [1.29, 1.82) is 0 Å². The van der Waals surface area contributed by atoms with Crippen LogP contribution < -0.4 is 5.32 Å². The van der Waals surface area contributed by atoms with E-state index in [1.807, 2.05) is 0 Å². The van der Waals surface area contributed by atoms with Crippen LogP contribution in [0.2, 0.25) is 0 Å². The molecule has 1 nitrogen and oxygen atoms in total. The van der Waals surface area contributed by atoms with E-state index < -0.39 is 0 Å². The van der Waals surface area contributed by atoms with Crippen LogP contribution in [0.4, 0.5) is 0 Å². The van der Waals surface area contributed by atoms with Gasteiger partial charge in [-0.1, -0.05) is 39.0 Å². The minimum Gasteiger partial charge on any atom is -0.316 e. The minimum absolute atomic E-state index is 0.822. The number of rotatable bonds is 3. The Hall–Kier alpha value is -0.0400. The van der Waals surface area contributed by atoms with Crippen molar-refractivity contribution in [2.24, 2.45) is 17.8 Å². The van der Waals surface area contributed by atoms with E-state index in [2.05, 4.69) is 19.3 Å². The first-order chi connectivity index (χ1) is 7.81. The molecule has 94 valence electrons. The van der Waals surface area contributed by atoms with Gasteiger partial charge in [0.1, 0.15) is 0 Å². The van der Waals surface area contributed by atoms with Crippen molar-refractivity contribution in [2.75, 3.05) is 7.05 Å². The minimum atomic E-state index is 0.822. The Bertz CT molecular complexity index is 196. The van der Waals surface area contributed by atoms with Crippen molar-refractivity contribution in [1.82, 2.24) is 5.32 Å². The molecule has 2 fully saturated rings. The SMILES string of the molecule is CNC(C1CCCCC1)C1CCCC(C)C1. The van der Waals surface area contributed by atoms with Crippen molar-refractivity contribution in [3.8, 4) is 0 Å². The van der Waals surface area contributed by atoms with Crippen LogP contribution in [0.5, 0.6) is 0 Å². The van der Waals surface area contributed by atoms with Crippen LogP contribution in [0.3, 0.4) is 0 Å². The molecule has 0 aromatic rings. The van der Waals surface area contributed by atoms with Crippen molar-refractivity contribution >= 4 is 0 Å². The van der Waals surface area contributed by atoms with Crippen LogP contribution in [-0.4, -0.2) is 13.1 Å². The summed E-state index contributed by atoms with van der Waals surface area (Å²) in [6.07, 6.45) is 13.3. The van der Waals surface area contributed by atoms with Crippen LogP contribution in [-0.2, 0) is 0 Å². The summed E-state index contributed by atoms with van der Waals surface area (Å²) < 4.78 is 0. The first kappa shape index (κ1) is 12.4. The molecule has 2 aliphatic rings. The fraction of sp³-hybridized carbons (Fsp3) is 1.00. The maximum absolute atomic E-state index is 3.66. The van der Waals surface area contributed by atoms with E-state index >= 15 is 0 Å². The molecule has 1 N–H and O–H groups in total. The Morgan fingerprint density at radius 3 is 2.19 bits per heavy atom. The van der Waals surface area contributed by atoms with E-state index in [-0.39, 0.29) is 0 Å². The largest absolute Gasteiger partial charge is 0.316 e. The smallest absolute Gasteiger partial charge is 0.0121 e. The average molecular weight is 223 g/mol. The lowest BCUT2D eigenvalue weighted by molar-refractivity contribution is 0.157. The van der Waals surface area contributed by atoms with Crippen LogP contribution in [0.1, 0.15) is 64.7 Å². The highest BCUT2D eigenvalue weighted by Crippen LogP contribution is 2.37. The van der Waals surface area contributed by atoms with Gasteiger partial charge in [-0.3, -0.25) is 0 Å². The fourth-order valence-electron chi connectivity index (χ4n) is 4.16. The number of hydrogen-bond acceptors (Lipinski definition) is 1. The Balaban J connectivity index is 1.91. The predicted octanol–water partition coefficient (Wildman–Crippen LogP) is 3.98. The van der Waals surface area contributed by atoms with Gasteiger partial charge < -0.3 is 5.32 Å². The van der Waals surface area contributed by atoms with Crippen molar-refractivity contribution < 1.29 is 0 Å². The lowest BCUT2D eigenvalue weighted by atomic mass is 9.71. The molecule has 0 aromatic carbocycles. The highest BCUT2D eigenvalue weighted by atomic mass is 14.9. The lowest BCUT2D eigenvalue weighted by Gasteiger charge is -2.39. The molecule has 0 spiro atoms. The summed E-state index contributed by atoms with van der Waals surface area (Å²) in [7, 11) is 2.19. The summed E-state index contributed by atoms with van der Waals surface area (Å²) >= 11 is 0. The molecule has 2 rings (SSSR count). The van der Waals surface area contributed by atoms with Crippen LogP contribution in [0.15, 0.2) is 0 Å². The Morgan fingerprint density at radius 2 is 1.56 bits per heavy atom. The molecule has 0 heterocycles. The van der Waals surface area contributed by atoms with Gasteiger partial charge in [-0.05, 0) is 50.5 Å². The molecule has 0 bridgehead atoms. The maximum atomic E-state index is 3.66. The van der Waals surface area contributed by atoms with Crippen LogP contribution >= 0.6 is 0 Å². The molecule has 3 unspecified atom stereocenters. The monoisotopic (exact) mass is 223 g/mol. The molecule has 0 radical (unpaired) electrons. The zero-order valence-corrected chi connectivity index (χ0v) is 11.2. The average Bonchev–Trinajstić information content (AvgIpc) is 2.31. The molecule has 2 saturated carbocycles. The molecule has 0 amide bonds.